The minimum Gasteiger partial charge on any atom is -0.486 e. The summed E-state index contributed by atoms with van der Waals surface area (Å²) >= 11 is 4.96. The first-order valence-electron chi connectivity index (χ1n) is 4.85. The van der Waals surface area contributed by atoms with E-state index in [0.29, 0.717) is 6.54 Å². The molecule has 0 radical (unpaired) electrons. The van der Waals surface area contributed by atoms with E-state index in [2.05, 4.69) is 26.6 Å². The summed E-state index contributed by atoms with van der Waals surface area (Å²) in [5.41, 5.74) is 0. The number of hydrogen-bond acceptors (Lipinski definition) is 4. The zero-order valence-corrected chi connectivity index (χ0v) is 11.9. The molecule has 1 heterocycles. The van der Waals surface area contributed by atoms with Crippen LogP contribution >= 0.6 is 27.3 Å². The van der Waals surface area contributed by atoms with E-state index in [1.807, 2.05) is 13.0 Å². The first-order chi connectivity index (χ1) is 7.58. The van der Waals surface area contributed by atoms with Gasteiger partial charge in [-0.3, -0.25) is 4.79 Å². The van der Waals surface area contributed by atoms with E-state index in [1.54, 1.807) is 25.5 Å². The maximum Gasteiger partial charge on any atom is 0.236 e. The van der Waals surface area contributed by atoms with Crippen LogP contribution in [0.2, 0.25) is 0 Å². The van der Waals surface area contributed by atoms with Gasteiger partial charge >= 0.3 is 0 Å². The van der Waals surface area contributed by atoms with Gasteiger partial charge in [0.05, 0.1) is 17.6 Å². The molecule has 1 rings (SSSR count). The number of thiophene rings is 1. The number of methoxy groups -OCH3 is 1. The van der Waals surface area contributed by atoms with Crippen LogP contribution in [0.25, 0.3) is 0 Å². The lowest BCUT2D eigenvalue weighted by atomic mass is 10.3. The van der Waals surface area contributed by atoms with Crippen molar-refractivity contribution in [1.82, 2.24) is 10.6 Å². The van der Waals surface area contributed by atoms with Crippen molar-refractivity contribution < 1.29 is 9.53 Å². The Bertz CT molecular complexity index is 368. The summed E-state index contributed by atoms with van der Waals surface area (Å²) in [6, 6.07) is 1.80. The lowest BCUT2D eigenvalue weighted by molar-refractivity contribution is -0.122. The molecule has 1 aromatic rings. The molecule has 16 heavy (non-hydrogen) atoms. The summed E-state index contributed by atoms with van der Waals surface area (Å²) in [4.78, 5) is 12.4. The lowest BCUT2D eigenvalue weighted by Gasteiger charge is -2.10. The van der Waals surface area contributed by atoms with Crippen LogP contribution in [0, 0.1) is 0 Å². The van der Waals surface area contributed by atoms with Gasteiger partial charge in [0.15, 0.2) is 5.06 Å². The summed E-state index contributed by atoms with van der Waals surface area (Å²) in [6.07, 6.45) is 0. The Labute approximate surface area is 108 Å². The molecule has 0 aliphatic carbocycles. The molecule has 6 heteroatoms. The van der Waals surface area contributed by atoms with Gasteiger partial charge in [-0.05, 0) is 28.9 Å². The molecule has 0 aromatic carbocycles. The predicted octanol–water partition coefficient (Wildman–Crippen LogP) is 1.74. The fourth-order valence-corrected chi connectivity index (χ4v) is 2.83. The summed E-state index contributed by atoms with van der Waals surface area (Å²) in [5, 5.41) is 6.58. The molecule has 0 saturated carbocycles. The van der Waals surface area contributed by atoms with E-state index in [0.717, 1.165) is 14.4 Å². The maximum atomic E-state index is 11.3. The van der Waals surface area contributed by atoms with Crippen molar-refractivity contribution in [3.05, 3.63) is 15.4 Å². The zero-order valence-electron chi connectivity index (χ0n) is 9.46. The number of rotatable bonds is 5. The second-order valence-electron chi connectivity index (χ2n) is 3.27. The zero-order chi connectivity index (χ0) is 12.1. The average molecular weight is 307 g/mol. The summed E-state index contributed by atoms with van der Waals surface area (Å²) in [7, 11) is 3.27. The van der Waals surface area contributed by atoms with Gasteiger partial charge in [0.1, 0.15) is 0 Å². The van der Waals surface area contributed by atoms with Gasteiger partial charge in [0.25, 0.3) is 0 Å². The van der Waals surface area contributed by atoms with Crippen LogP contribution in [-0.2, 0) is 11.3 Å². The normalized spacial score (nSPS) is 12.2. The number of nitrogens with one attached hydrogen (secondary N) is 2. The molecule has 1 atom stereocenters. The van der Waals surface area contributed by atoms with Gasteiger partial charge in [-0.25, -0.2) is 0 Å². The molecule has 0 aliphatic rings. The highest BCUT2D eigenvalue weighted by Crippen LogP contribution is 2.34. The van der Waals surface area contributed by atoms with Crippen LogP contribution in [0.1, 0.15) is 11.8 Å². The molecule has 4 nitrogen and oxygen atoms in total. The quantitative estimate of drug-likeness (QED) is 0.871. The standard InChI is InChI=1S/C10H15BrN2O2S/c1-6(9(14)12-2)13-5-7-4-8(11)10(15-3)16-7/h4,6,13H,5H2,1-3H3,(H,12,14)/t6-/m1/s1. The molecule has 0 unspecified atom stereocenters. The molecule has 1 aromatic heterocycles. The lowest BCUT2D eigenvalue weighted by Crippen LogP contribution is -2.40. The molecular weight excluding hydrogens is 292 g/mol. The van der Waals surface area contributed by atoms with E-state index in [1.165, 1.54) is 0 Å². The molecule has 0 bridgehead atoms. The number of likely N-dealkylation sites (N-methyl/N-ethyl adjacent to an activating group) is 1. The van der Waals surface area contributed by atoms with Crippen molar-refractivity contribution in [2.24, 2.45) is 0 Å². The minimum atomic E-state index is -0.197. The Morgan fingerprint density at radius 1 is 1.69 bits per heavy atom. The average Bonchev–Trinajstić information content (AvgIpc) is 2.65. The number of carbonyl (C=O) groups excluding carboxylic acids is 1. The number of carbonyl (C=O) groups is 1. The van der Waals surface area contributed by atoms with Gasteiger partial charge in [-0.1, -0.05) is 0 Å². The monoisotopic (exact) mass is 306 g/mol. The van der Waals surface area contributed by atoms with Gasteiger partial charge in [-0.15, -0.1) is 11.3 Å². The predicted molar refractivity (Wildman–Crippen MR) is 68.9 cm³/mol. The fourth-order valence-electron chi connectivity index (χ4n) is 1.19. The second kappa shape index (κ2) is 6.22. The smallest absolute Gasteiger partial charge is 0.236 e. The fraction of sp³-hybridized carbons (Fsp3) is 0.500. The third kappa shape index (κ3) is 3.47. The van der Waals surface area contributed by atoms with Gasteiger partial charge < -0.3 is 15.4 Å². The van der Waals surface area contributed by atoms with Crippen molar-refractivity contribution in [2.45, 2.75) is 19.5 Å². The molecule has 0 aliphatic heterocycles. The number of halogens is 1. The molecular formula is C10H15BrN2O2S. The van der Waals surface area contributed by atoms with Gasteiger partial charge in [0.2, 0.25) is 5.91 Å². The van der Waals surface area contributed by atoms with Gasteiger partial charge in [-0.2, -0.15) is 0 Å². The van der Waals surface area contributed by atoms with Crippen LogP contribution in [0.3, 0.4) is 0 Å². The first-order valence-corrected chi connectivity index (χ1v) is 6.46. The Kier molecular flexibility index (Phi) is 5.24. The largest absolute Gasteiger partial charge is 0.486 e. The highest BCUT2D eigenvalue weighted by Gasteiger charge is 2.12. The molecule has 2 N–H and O–H groups in total. The molecule has 1 amide bonds. The third-order valence-corrected chi connectivity index (χ3v) is 4.06. The Balaban J connectivity index is 2.51. The number of hydrogen-bond donors (Lipinski definition) is 2. The van der Waals surface area contributed by atoms with E-state index in [4.69, 9.17) is 4.74 Å². The van der Waals surface area contributed by atoms with E-state index < -0.39 is 0 Å². The highest BCUT2D eigenvalue weighted by atomic mass is 79.9. The van der Waals surface area contributed by atoms with Crippen molar-refractivity contribution in [2.75, 3.05) is 14.2 Å². The highest BCUT2D eigenvalue weighted by molar-refractivity contribution is 9.10. The topological polar surface area (TPSA) is 50.4 Å². The summed E-state index contributed by atoms with van der Waals surface area (Å²) in [5.74, 6) is -0.0115. The SMILES string of the molecule is CNC(=O)[C@@H](C)NCc1cc(Br)c(OC)s1. The maximum absolute atomic E-state index is 11.3. The van der Waals surface area contributed by atoms with Crippen molar-refractivity contribution in [3.8, 4) is 5.06 Å². The minimum absolute atomic E-state index is 0.0115. The van der Waals surface area contributed by atoms with Crippen molar-refractivity contribution >= 4 is 33.2 Å². The molecule has 90 valence electrons. The van der Waals surface area contributed by atoms with Crippen molar-refractivity contribution in [1.29, 1.82) is 0 Å². The van der Waals surface area contributed by atoms with E-state index in [9.17, 15) is 4.79 Å². The Hall–Kier alpha value is -0.590. The number of ether oxygens (including phenoxy) is 1. The van der Waals surface area contributed by atoms with Crippen LogP contribution in [-0.4, -0.2) is 26.1 Å². The molecule has 0 fully saturated rings. The van der Waals surface area contributed by atoms with Crippen LogP contribution in [0.15, 0.2) is 10.5 Å². The van der Waals surface area contributed by atoms with Crippen LogP contribution < -0.4 is 15.4 Å². The first kappa shape index (κ1) is 13.5. The second-order valence-corrected chi connectivity index (χ2v) is 5.22. The number of amides is 1. The third-order valence-electron chi connectivity index (χ3n) is 2.11. The Morgan fingerprint density at radius 2 is 2.38 bits per heavy atom. The van der Waals surface area contributed by atoms with Crippen LogP contribution in [0.4, 0.5) is 0 Å². The molecule has 0 saturated heterocycles. The van der Waals surface area contributed by atoms with Gasteiger partial charge in [0, 0.05) is 18.5 Å². The molecule has 0 spiro atoms. The summed E-state index contributed by atoms with van der Waals surface area (Å²) < 4.78 is 6.11. The van der Waals surface area contributed by atoms with Crippen molar-refractivity contribution in [3.63, 3.8) is 0 Å². The summed E-state index contributed by atoms with van der Waals surface area (Å²) in [6.45, 7) is 2.49. The van der Waals surface area contributed by atoms with Crippen LogP contribution in [0.5, 0.6) is 5.06 Å². The Morgan fingerprint density at radius 3 is 2.88 bits per heavy atom. The van der Waals surface area contributed by atoms with E-state index in [-0.39, 0.29) is 11.9 Å². The van der Waals surface area contributed by atoms with E-state index >= 15 is 0 Å².